The lowest BCUT2D eigenvalue weighted by Gasteiger charge is -2.56. The molecule has 1 spiro atoms. The van der Waals surface area contributed by atoms with E-state index in [-0.39, 0.29) is 29.4 Å². The third-order valence-electron chi connectivity index (χ3n) is 7.26. The van der Waals surface area contributed by atoms with E-state index in [1.165, 1.54) is 19.4 Å². The van der Waals surface area contributed by atoms with Crippen LogP contribution in [0.25, 0.3) is 0 Å². The van der Waals surface area contributed by atoms with Gasteiger partial charge in [0.1, 0.15) is 11.8 Å². The molecule has 0 saturated carbocycles. The number of esters is 2. The maximum atomic E-state index is 11.7. The van der Waals surface area contributed by atoms with Gasteiger partial charge in [0.2, 0.25) is 0 Å². The van der Waals surface area contributed by atoms with E-state index in [2.05, 4.69) is 24.1 Å². The number of carboxylic acid groups (broad SMARTS) is 2. The summed E-state index contributed by atoms with van der Waals surface area (Å²) in [6.45, 7) is 3.77. The number of nitrogens with one attached hydrogen (secondary N) is 1. The van der Waals surface area contributed by atoms with Crippen LogP contribution in [0.2, 0.25) is 0 Å². The number of piperidine rings is 1. The summed E-state index contributed by atoms with van der Waals surface area (Å²) in [4.78, 5) is 45.2. The number of nitrogens with zero attached hydrogens (tertiary/aromatic N) is 1. The summed E-state index contributed by atoms with van der Waals surface area (Å²) in [6.07, 6.45) is 4.58. The molecule has 5 N–H and O–H groups in total. The molecule has 1 aromatic rings. The van der Waals surface area contributed by atoms with Crippen LogP contribution in [0.15, 0.2) is 24.3 Å². The zero-order valence-electron chi connectivity index (χ0n) is 21.0. The number of rotatable bonds is 5. The maximum absolute atomic E-state index is 11.7. The molecule has 1 saturated heterocycles. The Hall–Kier alpha value is -3.81. The predicted octanol–water partition coefficient (Wildman–Crippen LogP) is 1.57. The van der Waals surface area contributed by atoms with Gasteiger partial charge >= 0.3 is 23.9 Å². The molecule has 2 aliphatic carbocycles. The zero-order valence-corrected chi connectivity index (χ0v) is 21.0. The number of ether oxygens (including phenoxy) is 3. The summed E-state index contributed by atoms with van der Waals surface area (Å²) in [6, 6.07) is 4.28. The van der Waals surface area contributed by atoms with Gasteiger partial charge in [-0.2, -0.15) is 0 Å². The van der Waals surface area contributed by atoms with Gasteiger partial charge in [0.05, 0.1) is 6.42 Å². The quantitative estimate of drug-likeness (QED) is 0.0912. The number of hydrogen-bond acceptors (Lipinski definition) is 11. The van der Waals surface area contributed by atoms with Crippen LogP contribution in [0.4, 0.5) is 0 Å². The third kappa shape index (κ3) is 5.12. The molecule has 0 amide bonds. The second-order valence-electron chi connectivity index (χ2n) is 9.44. The Bertz CT molecular complexity index is 1180. The second-order valence-corrected chi connectivity index (χ2v) is 9.44. The van der Waals surface area contributed by atoms with E-state index < -0.39 is 30.2 Å². The van der Waals surface area contributed by atoms with Crippen LogP contribution in [0, 0.1) is 11.3 Å². The van der Waals surface area contributed by atoms with E-state index in [1.807, 2.05) is 12.1 Å². The molecule has 5 atom stereocenters. The highest BCUT2D eigenvalue weighted by Gasteiger charge is 2.65. The van der Waals surface area contributed by atoms with Crippen LogP contribution < -0.4 is 9.47 Å². The molecule has 1 aromatic carbocycles. The smallest absolute Gasteiger partial charge is 0.350 e. The molecule has 4 aliphatic rings. The van der Waals surface area contributed by atoms with Crippen molar-refractivity contribution in [2.75, 3.05) is 13.6 Å². The topological polar surface area (TPSA) is 204 Å². The Morgan fingerprint density at radius 3 is 2.37 bits per heavy atom. The Morgan fingerprint density at radius 1 is 1.13 bits per heavy atom. The van der Waals surface area contributed by atoms with Gasteiger partial charge in [-0.1, -0.05) is 12.1 Å². The summed E-state index contributed by atoms with van der Waals surface area (Å²) in [5.74, 6) is -2.08. The normalized spacial score (nSPS) is 27.2. The lowest BCUT2D eigenvalue weighted by atomic mass is 9.53. The number of likely N-dealkylation sites (N-methyl/N-ethyl adjacent to an activating group) is 1. The first-order valence-corrected chi connectivity index (χ1v) is 11.8. The summed E-state index contributed by atoms with van der Waals surface area (Å²) in [5.41, 5.74) is 1.35. The van der Waals surface area contributed by atoms with Gasteiger partial charge in [0.25, 0.3) is 0 Å². The summed E-state index contributed by atoms with van der Waals surface area (Å²) >= 11 is 0. The van der Waals surface area contributed by atoms with E-state index in [9.17, 15) is 19.2 Å². The molecule has 38 heavy (non-hydrogen) atoms. The number of carbonyl (C=O) groups excluding carboxylic acids is 2. The monoisotopic (exact) mass is 534 g/mol. The average Bonchev–Trinajstić information content (AvgIpc) is 3.20. The molecule has 13 nitrogen and oxygen atoms in total. The van der Waals surface area contributed by atoms with E-state index in [1.54, 1.807) is 0 Å². The van der Waals surface area contributed by atoms with Crippen LogP contribution in [-0.2, 0) is 35.8 Å². The van der Waals surface area contributed by atoms with Gasteiger partial charge in [-0.25, -0.2) is 4.79 Å². The van der Waals surface area contributed by atoms with E-state index in [0.717, 1.165) is 24.9 Å². The SMILES string of the molecule is CC(=O)Oc1ccc2c3c1O[C@H]1[C@@H](OC(C)=O)C=C[C@H]4[C@@H](C2)N(C)CC[C@@]341.N=C(CC(=O)O)C(=O)O.OO. The van der Waals surface area contributed by atoms with E-state index >= 15 is 0 Å². The summed E-state index contributed by atoms with van der Waals surface area (Å²) < 4.78 is 17.5. The first kappa shape index (κ1) is 28.8. The lowest BCUT2D eigenvalue weighted by Crippen LogP contribution is -2.65. The van der Waals surface area contributed by atoms with Crippen molar-refractivity contribution >= 4 is 29.6 Å². The summed E-state index contributed by atoms with van der Waals surface area (Å²) in [5, 5.41) is 34.4. The van der Waals surface area contributed by atoms with Crippen LogP contribution in [-0.4, -0.2) is 87.1 Å². The van der Waals surface area contributed by atoms with Gasteiger partial charge in [-0.3, -0.25) is 30.3 Å². The maximum Gasteiger partial charge on any atom is 0.350 e. The van der Waals surface area contributed by atoms with Gasteiger partial charge < -0.3 is 29.3 Å². The number of carbonyl (C=O) groups is 4. The van der Waals surface area contributed by atoms with E-state index in [4.69, 9.17) is 40.3 Å². The lowest BCUT2D eigenvalue weighted by molar-refractivity contribution is -0.176. The minimum absolute atomic E-state index is 0.245. The summed E-state index contributed by atoms with van der Waals surface area (Å²) in [7, 11) is 2.17. The Morgan fingerprint density at radius 2 is 1.82 bits per heavy atom. The number of carboxylic acids is 2. The van der Waals surface area contributed by atoms with Crippen molar-refractivity contribution in [2.24, 2.45) is 5.92 Å². The fraction of sp³-hybridized carbons (Fsp3) is 0.480. The zero-order chi connectivity index (χ0) is 28.4. The highest BCUT2D eigenvalue weighted by Crippen LogP contribution is 2.62. The van der Waals surface area contributed by atoms with Crippen molar-refractivity contribution in [3.05, 3.63) is 35.4 Å². The predicted molar refractivity (Wildman–Crippen MR) is 130 cm³/mol. The first-order chi connectivity index (χ1) is 18.0. The average molecular weight is 535 g/mol. The van der Waals surface area contributed by atoms with Gasteiger partial charge in [-0.05, 0) is 44.1 Å². The van der Waals surface area contributed by atoms with Gasteiger partial charge in [0, 0.05) is 36.8 Å². The van der Waals surface area contributed by atoms with Crippen molar-refractivity contribution in [1.29, 1.82) is 5.41 Å². The number of hydrogen-bond donors (Lipinski definition) is 5. The minimum atomic E-state index is -1.49. The fourth-order valence-electron chi connectivity index (χ4n) is 5.96. The number of likely N-dealkylation sites (tertiary alicyclic amines) is 1. The van der Waals surface area contributed by atoms with Crippen LogP contribution in [0.1, 0.15) is 37.8 Å². The molecule has 2 aliphatic heterocycles. The van der Waals surface area contributed by atoms with Crippen molar-refractivity contribution in [3.8, 4) is 11.5 Å². The largest absolute Gasteiger partial charge is 0.481 e. The van der Waals surface area contributed by atoms with Gasteiger partial charge in [0.15, 0.2) is 17.6 Å². The van der Waals surface area contributed by atoms with Crippen LogP contribution in [0.3, 0.4) is 0 Å². The first-order valence-electron chi connectivity index (χ1n) is 11.8. The molecule has 2 heterocycles. The number of benzene rings is 1. The molecule has 0 unspecified atom stereocenters. The highest BCUT2D eigenvalue weighted by atomic mass is 17.0. The van der Waals surface area contributed by atoms with Crippen LogP contribution in [0.5, 0.6) is 11.5 Å². The molecular weight excluding hydrogens is 504 g/mol. The van der Waals surface area contributed by atoms with Crippen LogP contribution >= 0.6 is 0 Å². The molecular formula is C25H30N2O11. The van der Waals surface area contributed by atoms with Crippen molar-refractivity contribution in [2.45, 2.75) is 56.8 Å². The van der Waals surface area contributed by atoms with Crippen molar-refractivity contribution < 1.29 is 54.1 Å². The Balaban J connectivity index is 0.000000312. The molecule has 13 heteroatoms. The standard InChI is InChI=1S/C21H23NO5.C4H5NO4.H2O2/c1-11(23)25-16-6-4-13-10-15-14-5-7-17(26-12(2)24)20-21(14,8-9-22(15)3)18(13)19(16)27-20;5-2(4(8)9)1-3(6)7;1-2/h4-7,14-15,17,20H,8-10H2,1-3H3;5H,1H2,(H,6,7)(H,8,9);1-2H/t14-,15+,17-,20-,21-;;/m0../s1. The van der Waals surface area contributed by atoms with Gasteiger partial charge in [-0.15, -0.1) is 0 Å². The van der Waals surface area contributed by atoms with Crippen molar-refractivity contribution in [1.82, 2.24) is 4.90 Å². The fourth-order valence-corrected chi connectivity index (χ4v) is 5.96. The van der Waals surface area contributed by atoms with Crippen molar-refractivity contribution in [3.63, 3.8) is 0 Å². The molecule has 2 bridgehead atoms. The second kappa shape index (κ2) is 11.3. The molecule has 0 radical (unpaired) electrons. The Kier molecular flexibility index (Phi) is 8.54. The number of aliphatic carboxylic acids is 2. The Labute approximate surface area is 217 Å². The molecule has 1 fully saturated rings. The molecule has 206 valence electrons. The molecule has 0 aromatic heterocycles. The minimum Gasteiger partial charge on any atom is -0.481 e. The third-order valence-corrected chi connectivity index (χ3v) is 7.26. The van der Waals surface area contributed by atoms with E-state index in [0.29, 0.717) is 17.5 Å². The molecule has 5 rings (SSSR count). The highest BCUT2D eigenvalue weighted by molar-refractivity contribution is 6.37.